The Morgan fingerprint density at radius 2 is 1.10 bits per heavy atom. The SMILES string of the molecule is CC1=C(C)[C+](C)C(C)=C1C. The van der Waals surface area contributed by atoms with Gasteiger partial charge in [-0.2, -0.15) is 0 Å². The molecule has 0 fully saturated rings. The highest BCUT2D eigenvalue weighted by atomic mass is 14.2. The van der Waals surface area contributed by atoms with Gasteiger partial charge < -0.3 is 0 Å². The van der Waals surface area contributed by atoms with Crippen molar-refractivity contribution in [2.24, 2.45) is 0 Å². The average molecular weight is 135 g/mol. The van der Waals surface area contributed by atoms with Crippen LogP contribution in [-0.4, -0.2) is 0 Å². The summed E-state index contributed by atoms with van der Waals surface area (Å²) >= 11 is 0. The van der Waals surface area contributed by atoms with E-state index in [0.717, 1.165) is 0 Å². The number of hydrogen-bond donors (Lipinski definition) is 0. The lowest BCUT2D eigenvalue weighted by molar-refractivity contribution is 1.14. The molecule has 1 aliphatic rings. The van der Waals surface area contributed by atoms with Gasteiger partial charge in [0.25, 0.3) is 0 Å². The molecule has 0 aromatic rings. The number of rotatable bonds is 0. The van der Waals surface area contributed by atoms with Crippen molar-refractivity contribution in [3.63, 3.8) is 0 Å². The summed E-state index contributed by atoms with van der Waals surface area (Å²) in [6.45, 7) is 11.0. The maximum absolute atomic E-state index is 2.20. The molecule has 0 nitrogen and oxygen atoms in total. The molecule has 0 radical (unpaired) electrons. The normalized spacial score (nSPS) is 19.5. The minimum absolute atomic E-state index is 1.47. The van der Waals surface area contributed by atoms with Gasteiger partial charge in [0.15, 0.2) is 0 Å². The molecule has 0 unspecified atom stereocenters. The third kappa shape index (κ3) is 0.792. The van der Waals surface area contributed by atoms with Gasteiger partial charge in [0.2, 0.25) is 0 Å². The van der Waals surface area contributed by atoms with Crippen LogP contribution in [0.4, 0.5) is 0 Å². The summed E-state index contributed by atoms with van der Waals surface area (Å²) in [5.74, 6) is 1.47. The van der Waals surface area contributed by atoms with Crippen LogP contribution in [0.3, 0.4) is 0 Å². The van der Waals surface area contributed by atoms with Crippen LogP contribution in [-0.2, 0) is 0 Å². The molecule has 54 valence electrons. The molecule has 0 heterocycles. The lowest BCUT2D eigenvalue weighted by atomic mass is 10.00. The summed E-state index contributed by atoms with van der Waals surface area (Å²) in [4.78, 5) is 0. The van der Waals surface area contributed by atoms with E-state index in [1.807, 2.05) is 0 Å². The van der Waals surface area contributed by atoms with E-state index < -0.39 is 0 Å². The Morgan fingerprint density at radius 1 is 0.800 bits per heavy atom. The molecular weight excluding hydrogens is 120 g/mol. The van der Waals surface area contributed by atoms with Crippen molar-refractivity contribution in [1.82, 2.24) is 0 Å². The summed E-state index contributed by atoms with van der Waals surface area (Å²) in [5, 5.41) is 0. The molecule has 0 amide bonds. The Labute approximate surface area is 63.6 Å². The first-order valence-electron chi connectivity index (χ1n) is 3.75. The van der Waals surface area contributed by atoms with Crippen LogP contribution in [0, 0.1) is 5.92 Å². The summed E-state index contributed by atoms with van der Waals surface area (Å²) in [6.07, 6.45) is 0. The largest absolute Gasteiger partial charge is 0.0962 e. The smallest absolute Gasteiger partial charge is 0.0127 e. The van der Waals surface area contributed by atoms with Gasteiger partial charge in [-0.25, -0.2) is 0 Å². The predicted octanol–water partition coefficient (Wildman–Crippen LogP) is 3.27. The van der Waals surface area contributed by atoms with Crippen LogP contribution < -0.4 is 0 Å². The van der Waals surface area contributed by atoms with Gasteiger partial charge in [0.1, 0.15) is 0 Å². The van der Waals surface area contributed by atoms with E-state index in [1.54, 1.807) is 0 Å². The van der Waals surface area contributed by atoms with Gasteiger partial charge in [0, 0.05) is 20.8 Å². The van der Waals surface area contributed by atoms with Crippen molar-refractivity contribution >= 4 is 0 Å². The Kier molecular flexibility index (Phi) is 1.63. The molecule has 10 heavy (non-hydrogen) atoms. The third-order valence-corrected chi connectivity index (χ3v) is 2.81. The van der Waals surface area contributed by atoms with E-state index in [0.29, 0.717) is 0 Å². The van der Waals surface area contributed by atoms with Crippen molar-refractivity contribution in [3.05, 3.63) is 28.2 Å². The molecule has 1 aliphatic carbocycles. The zero-order valence-electron chi connectivity index (χ0n) is 7.50. The van der Waals surface area contributed by atoms with E-state index in [-0.39, 0.29) is 0 Å². The molecule has 0 bridgehead atoms. The lowest BCUT2D eigenvalue weighted by Crippen LogP contribution is -1.89. The number of allylic oxidation sites excluding steroid dienone is 4. The van der Waals surface area contributed by atoms with Gasteiger partial charge in [-0.05, 0) is 13.8 Å². The van der Waals surface area contributed by atoms with Crippen molar-refractivity contribution in [1.29, 1.82) is 0 Å². The van der Waals surface area contributed by atoms with E-state index in [2.05, 4.69) is 34.6 Å². The van der Waals surface area contributed by atoms with E-state index in [9.17, 15) is 0 Å². The molecule has 0 spiro atoms. The van der Waals surface area contributed by atoms with Crippen LogP contribution in [0.25, 0.3) is 0 Å². The molecule has 0 N–H and O–H groups in total. The van der Waals surface area contributed by atoms with Gasteiger partial charge in [-0.3, -0.25) is 0 Å². The predicted molar refractivity (Wildman–Crippen MR) is 45.7 cm³/mol. The second kappa shape index (κ2) is 2.19. The molecule has 0 aromatic carbocycles. The van der Waals surface area contributed by atoms with Gasteiger partial charge in [0.05, 0.1) is 28.2 Å². The van der Waals surface area contributed by atoms with E-state index in [1.165, 1.54) is 28.2 Å². The Hall–Kier alpha value is -0.650. The topological polar surface area (TPSA) is 0 Å². The van der Waals surface area contributed by atoms with E-state index >= 15 is 0 Å². The molecular formula is C10H15+. The molecule has 0 heteroatoms. The summed E-state index contributed by atoms with van der Waals surface area (Å²) in [6, 6.07) is 0. The molecule has 1 rings (SSSR count). The monoisotopic (exact) mass is 135 g/mol. The van der Waals surface area contributed by atoms with Crippen LogP contribution in [0.1, 0.15) is 34.6 Å². The summed E-state index contributed by atoms with van der Waals surface area (Å²) in [5.41, 5.74) is 5.87. The van der Waals surface area contributed by atoms with Crippen molar-refractivity contribution in [2.45, 2.75) is 34.6 Å². The average Bonchev–Trinajstić information content (AvgIpc) is 2.07. The number of hydrogen-bond acceptors (Lipinski definition) is 0. The standard InChI is InChI=1S/C10H15/c1-6-7(2)9(4)10(5)8(6)3/h1-5H3/q+1. The van der Waals surface area contributed by atoms with Gasteiger partial charge >= 0.3 is 0 Å². The van der Waals surface area contributed by atoms with Crippen molar-refractivity contribution in [2.75, 3.05) is 0 Å². The van der Waals surface area contributed by atoms with Crippen LogP contribution in [0.15, 0.2) is 22.3 Å². The summed E-state index contributed by atoms with van der Waals surface area (Å²) in [7, 11) is 0. The van der Waals surface area contributed by atoms with Gasteiger partial charge in [-0.1, -0.05) is 0 Å². The van der Waals surface area contributed by atoms with Crippen molar-refractivity contribution < 1.29 is 0 Å². The summed E-state index contributed by atoms with van der Waals surface area (Å²) < 4.78 is 0. The van der Waals surface area contributed by atoms with Crippen molar-refractivity contribution in [3.8, 4) is 0 Å². The third-order valence-electron chi connectivity index (χ3n) is 2.81. The molecule has 0 atom stereocenters. The quantitative estimate of drug-likeness (QED) is 0.447. The minimum Gasteiger partial charge on any atom is -0.0127 e. The van der Waals surface area contributed by atoms with Gasteiger partial charge in [-0.15, -0.1) is 0 Å². The maximum Gasteiger partial charge on any atom is 0.0962 e. The molecule has 0 saturated carbocycles. The fourth-order valence-electron chi connectivity index (χ4n) is 1.41. The zero-order valence-corrected chi connectivity index (χ0v) is 7.50. The molecule has 0 saturated heterocycles. The highest BCUT2D eigenvalue weighted by Gasteiger charge is 2.29. The second-order valence-corrected chi connectivity index (χ2v) is 3.12. The minimum atomic E-state index is 1.47. The highest BCUT2D eigenvalue weighted by molar-refractivity contribution is 5.56. The van der Waals surface area contributed by atoms with E-state index in [4.69, 9.17) is 0 Å². The lowest BCUT2D eigenvalue weighted by Gasteiger charge is -1.96. The van der Waals surface area contributed by atoms with Crippen LogP contribution in [0.5, 0.6) is 0 Å². The molecule has 0 aromatic heterocycles. The Bertz CT molecular complexity index is 192. The first kappa shape index (κ1) is 7.46. The first-order valence-corrected chi connectivity index (χ1v) is 3.75. The fourth-order valence-corrected chi connectivity index (χ4v) is 1.41. The fraction of sp³-hybridized carbons (Fsp3) is 0.500. The zero-order chi connectivity index (χ0) is 7.89. The Balaban J connectivity index is 3.09. The van der Waals surface area contributed by atoms with Crippen LogP contribution in [0.2, 0.25) is 0 Å². The second-order valence-electron chi connectivity index (χ2n) is 3.12. The highest BCUT2D eigenvalue weighted by Crippen LogP contribution is 2.37. The first-order chi connectivity index (χ1) is 4.55. The molecule has 0 aliphatic heterocycles. The maximum atomic E-state index is 2.20. The van der Waals surface area contributed by atoms with Crippen LogP contribution >= 0.6 is 0 Å². The Morgan fingerprint density at radius 3 is 1.20 bits per heavy atom.